The lowest BCUT2D eigenvalue weighted by atomic mass is 9.93. The van der Waals surface area contributed by atoms with E-state index in [4.69, 9.17) is 9.84 Å². The Bertz CT molecular complexity index is 1180. The van der Waals surface area contributed by atoms with Crippen LogP contribution < -0.4 is 9.46 Å². The number of alkyl halides is 3. The Hall–Kier alpha value is -2.89. The molecule has 0 bridgehead atoms. The van der Waals surface area contributed by atoms with Crippen LogP contribution in [0.5, 0.6) is 5.75 Å². The van der Waals surface area contributed by atoms with Crippen molar-refractivity contribution in [3.8, 4) is 5.75 Å². The van der Waals surface area contributed by atoms with Crippen molar-refractivity contribution in [3.63, 3.8) is 0 Å². The Kier molecular flexibility index (Phi) is 5.51. The van der Waals surface area contributed by atoms with Crippen molar-refractivity contribution >= 4 is 22.1 Å². The van der Waals surface area contributed by atoms with Crippen LogP contribution in [0.25, 0.3) is 6.08 Å². The number of aliphatic hydroxyl groups is 1. The minimum atomic E-state index is -4.59. The number of rotatable bonds is 5. The monoisotopic (exact) mass is 469 g/mol. The van der Waals surface area contributed by atoms with Crippen LogP contribution in [0.3, 0.4) is 0 Å². The van der Waals surface area contributed by atoms with Crippen molar-refractivity contribution in [3.05, 3.63) is 65.2 Å². The van der Waals surface area contributed by atoms with Gasteiger partial charge < -0.3 is 14.9 Å². The molecule has 0 spiro atoms. The quantitative estimate of drug-likeness (QED) is 0.581. The number of para-hydroxylation sites is 1. The van der Waals surface area contributed by atoms with E-state index in [0.717, 1.165) is 18.2 Å². The first-order valence-electron chi connectivity index (χ1n) is 9.55. The third-order valence-electron chi connectivity index (χ3n) is 5.57. The lowest BCUT2D eigenvalue weighted by Crippen LogP contribution is -2.43. The SMILES string of the molecule is O=C(O)C=Cc1cccc2c1OC1CC(O)C(NS(=O)(=O)c3ccc(C(F)(F)F)cc3)C21. The standard InChI is InChI=1S/C21H18F3NO6S/c22-21(23,24)12-5-7-13(8-6-12)32(29,30)25-19-15(26)10-16-18(19)14-3-1-2-11(20(14)31-16)4-9-17(27)28/h1-9,15-16,18-19,25-26H,10H2,(H,27,28). The molecule has 11 heteroatoms. The van der Waals surface area contributed by atoms with Crippen molar-refractivity contribution in [2.75, 3.05) is 0 Å². The number of sulfonamides is 1. The normalized spacial score (nSPS) is 24.9. The van der Waals surface area contributed by atoms with Crippen molar-refractivity contribution in [2.45, 2.75) is 41.7 Å². The minimum absolute atomic E-state index is 0.127. The predicted molar refractivity (Wildman–Crippen MR) is 106 cm³/mol. The molecule has 0 radical (unpaired) electrons. The molecule has 4 rings (SSSR count). The number of halogens is 3. The molecular formula is C21H18F3NO6S. The number of ether oxygens (including phenoxy) is 1. The Morgan fingerprint density at radius 1 is 1.16 bits per heavy atom. The number of fused-ring (bicyclic) bond motifs is 3. The van der Waals surface area contributed by atoms with Gasteiger partial charge in [-0.2, -0.15) is 13.2 Å². The summed E-state index contributed by atoms with van der Waals surface area (Å²) in [6.07, 6.45) is -3.78. The van der Waals surface area contributed by atoms with Crippen molar-refractivity contribution in [1.29, 1.82) is 0 Å². The molecule has 4 unspecified atom stereocenters. The summed E-state index contributed by atoms with van der Waals surface area (Å²) in [7, 11) is -4.24. The summed E-state index contributed by atoms with van der Waals surface area (Å²) in [5, 5.41) is 19.3. The molecular weight excluding hydrogens is 451 g/mol. The highest BCUT2D eigenvalue weighted by Crippen LogP contribution is 2.49. The second-order valence-electron chi connectivity index (χ2n) is 7.59. The van der Waals surface area contributed by atoms with E-state index in [1.165, 1.54) is 6.08 Å². The van der Waals surface area contributed by atoms with Gasteiger partial charge in [-0.1, -0.05) is 18.2 Å². The van der Waals surface area contributed by atoms with Gasteiger partial charge in [0, 0.05) is 29.5 Å². The average Bonchev–Trinajstić information content (AvgIpc) is 3.21. The van der Waals surface area contributed by atoms with Crippen molar-refractivity contribution in [1.82, 2.24) is 4.72 Å². The summed E-state index contributed by atoms with van der Waals surface area (Å²) in [4.78, 5) is 10.5. The molecule has 1 saturated carbocycles. The lowest BCUT2D eigenvalue weighted by molar-refractivity contribution is -0.137. The Morgan fingerprint density at radius 3 is 2.47 bits per heavy atom. The summed E-state index contributed by atoms with van der Waals surface area (Å²) in [5.74, 6) is -1.29. The van der Waals surface area contributed by atoms with E-state index >= 15 is 0 Å². The highest BCUT2D eigenvalue weighted by Gasteiger charge is 2.51. The summed E-state index contributed by atoms with van der Waals surface area (Å²) >= 11 is 0. The van der Waals surface area contributed by atoms with E-state index in [-0.39, 0.29) is 11.3 Å². The second-order valence-corrected chi connectivity index (χ2v) is 9.31. The Morgan fingerprint density at radius 2 is 1.84 bits per heavy atom. The molecule has 0 saturated heterocycles. The Balaban J connectivity index is 1.62. The van der Waals surface area contributed by atoms with Gasteiger partial charge in [0.15, 0.2) is 0 Å². The molecule has 2 aromatic rings. The highest BCUT2D eigenvalue weighted by atomic mass is 32.2. The average molecular weight is 469 g/mol. The maximum Gasteiger partial charge on any atom is 0.416 e. The van der Waals surface area contributed by atoms with Gasteiger partial charge >= 0.3 is 12.1 Å². The number of aliphatic carboxylic acids is 1. The number of carboxylic acid groups (broad SMARTS) is 1. The predicted octanol–water partition coefficient (Wildman–Crippen LogP) is 2.76. The minimum Gasteiger partial charge on any atom is -0.489 e. The molecule has 0 amide bonds. The molecule has 1 heterocycles. The molecule has 3 N–H and O–H groups in total. The van der Waals surface area contributed by atoms with Crippen molar-refractivity contribution < 1.29 is 41.3 Å². The molecule has 1 aliphatic carbocycles. The molecule has 1 aliphatic heterocycles. The van der Waals surface area contributed by atoms with Crippen LogP contribution in [-0.2, 0) is 21.0 Å². The van der Waals surface area contributed by atoms with Gasteiger partial charge in [-0.25, -0.2) is 17.9 Å². The first kappa shape index (κ1) is 22.3. The van der Waals surface area contributed by atoms with E-state index in [1.807, 2.05) is 0 Å². The van der Waals surface area contributed by atoms with Gasteiger partial charge in [0.2, 0.25) is 10.0 Å². The summed E-state index contributed by atoms with van der Waals surface area (Å²) in [6.45, 7) is 0. The zero-order chi connectivity index (χ0) is 23.3. The molecule has 2 aliphatic rings. The molecule has 0 aromatic heterocycles. The van der Waals surface area contributed by atoms with Crippen LogP contribution in [-0.4, -0.2) is 42.8 Å². The fraction of sp³-hybridized carbons (Fsp3) is 0.286. The van der Waals surface area contributed by atoms with Crippen molar-refractivity contribution in [2.24, 2.45) is 0 Å². The van der Waals surface area contributed by atoms with Gasteiger partial charge in [-0.3, -0.25) is 0 Å². The largest absolute Gasteiger partial charge is 0.489 e. The van der Waals surface area contributed by atoms with Gasteiger partial charge in [-0.15, -0.1) is 0 Å². The van der Waals surface area contributed by atoms with Crippen LogP contribution >= 0.6 is 0 Å². The Labute approximate surface area is 181 Å². The first-order chi connectivity index (χ1) is 15.0. The zero-order valence-electron chi connectivity index (χ0n) is 16.3. The van der Waals surface area contributed by atoms with Crippen LogP contribution in [0.4, 0.5) is 13.2 Å². The molecule has 4 atom stereocenters. The summed E-state index contributed by atoms with van der Waals surface area (Å²) < 4.78 is 72.2. The van der Waals surface area contributed by atoms with Gasteiger partial charge in [0.25, 0.3) is 0 Å². The van der Waals surface area contributed by atoms with Crippen LogP contribution in [0.1, 0.15) is 29.0 Å². The van der Waals surface area contributed by atoms with Gasteiger partial charge in [-0.05, 0) is 30.3 Å². The molecule has 32 heavy (non-hydrogen) atoms. The van der Waals surface area contributed by atoms with Gasteiger partial charge in [0.1, 0.15) is 11.9 Å². The summed E-state index contributed by atoms with van der Waals surface area (Å²) in [5.41, 5.74) is 0.134. The number of carboxylic acids is 1. The number of hydrogen-bond acceptors (Lipinski definition) is 5. The number of benzene rings is 2. The first-order valence-corrected chi connectivity index (χ1v) is 11.0. The van der Waals surface area contributed by atoms with E-state index < -0.39 is 51.9 Å². The van der Waals surface area contributed by atoms with Crippen LogP contribution in [0.15, 0.2) is 53.4 Å². The van der Waals surface area contributed by atoms with Crippen LogP contribution in [0, 0.1) is 0 Å². The van der Waals surface area contributed by atoms with E-state index in [2.05, 4.69) is 4.72 Å². The number of hydrogen-bond donors (Lipinski definition) is 3. The molecule has 7 nitrogen and oxygen atoms in total. The fourth-order valence-corrected chi connectivity index (χ4v) is 5.45. The van der Waals surface area contributed by atoms with E-state index in [9.17, 15) is 31.5 Å². The van der Waals surface area contributed by atoms with Crippen LogP contribution in [0.2, 0.25) is 0 Å². The molecule has 170 valence electrons. The van der Waals surface area contributed by atoms with E-state index in [1.54, 1.807) is 18.2 Å². The smallest absolute Gasteiger partial charge is 0.416 e. The third kappa shape index (κ3) is 4.10. The second kappa shape index (κ2) is 7.91. The highest BCUT2D eigenvalue weighted by molar-refractivity contribution is 7.89. The van der Waals surface area contributed by atoms with Gasteiger partial charge in [0.05, 0.1) is 22.6 Å². The maximum atomic E-state index is 12.8. The summed E-state index contributed by atoms with van der Waals surface area (Å²) in [6, 6.07) is 7.11. The molecule has 1 fully saturated rings. The molecule has 2 aromatic carbocycles. The fourth-order valence-electron chi connectivity index (χ4n) is 4.15. The number of nitrogens with one attached hydrogen (secondary N) is 1. The number of carbonyl (C=O) groups is 1. The lowest BCUT2D eigenvalue weighted by Gasteiger charge is -2.22. The zero-order valence-corrected chi connectivity index (χ0v) is 17.1. The maximum absolute atomic E-state index is 12.8. The third-order valence-corrected chi connectivity index (χ3v) is 7.04. The topological polar surface area (TPSA) is 113 Å². The number of aliphatic hydroxyl groups excluding tert-OH is 1. The van der Waals surface area contributed by atoms with E-state index in [0.29, 0.717) is 29.0 Å².